The molecule has 0 unspecified atom stereocenters. The number of aromatic nitrogens is 2. The lowest BCUT2D eigenvalue weighted by Crippen LogP contribution is -1.97. The molecule has 20 heavy (non-hydrogen) atoms. The summed E-state index contributed by atoms with van der Waals surface area (Å²) in [6.45, 7) is 0. The number of nitrogens with zero attached hydrogens (tertiary/aromatic N) is 1. The highest BCUT2D eigenvalue weighted by atomic mass is 35.5. The second-order valence-electron chi connectivity index (χ2n) is 4.12. The van der Waals surface area contributed by atoms with Crippen molar-refractivity contribution in [1.82, 2.24) is 9.55 Å². The number of benzene rings is 2. The Morgan fingerprint density at radius 3 is 2.35 bits per heavy atom. The number of imidazole rings is 1. The number of fused-ring (bicyclic) bond motifs is 1. The molecule has 1 N–H and O–H groups in total. The second-order valence-corrected chi connectivity index (χ2v) is 5.73. The Morgan fingerprint density at radius 2 is 1.70 bits per heavy atom. The minimum Gasteiger partial charge on any atom is -0.329 e. The number of para-hydroxylation sites is 1. The number of aromatic amines is 1. The van der Waals surface area contributed by atoms with E-state index in [1.54, 1.807) is 16.7 Å². The topological polar surface area (TPSA) is 20.7 Å². The standard InChI is InChI=1S/C13H6Cl3FN2S/c14-7-2-1-3-10-11(7)18-13(20)19(10)12-8(15)4-6(17)5-9(12)16/h1-5H,(H,18,20). The number of nitrogens with one attached hydrogen (secondary N) is 1. The fraction of sp³-hybridized carbons (Fsp3) is 0. The molecule has 0 radical (unpaired) electrons. The Balaban J connectivity index is 2.45. The molecule has 2 aromatic carbocycles. The Morgan fingerprint density at radius 1 is 1.05 bits per heavy atom. The van der Waals surface area contributed by atoms with E-state index in [1.165, 1.54) is 12.1 Å². The Labute approximate surface area is 133 Å². The van der Waals surface area contributed by atoms with Crippen LogP contribution in [0, 0.1) is 10.6 Å². The highest BCUT2D eigenvalue weighted by Gasteiger charge is 2.15. The number of rotatable bonds is 1. The quantitative estimate of drug-likeness (QED) is 0.553. The minimum absolute atomic E-state index is 0.173. The van der Waals surface area contributed by atoms with Gasteiger partial charge in [0.1, 0.15) is 5.82 Å². The first-order valence-corrected chi connectivity index (χ1v) is 7.07. The fourth-order valence-electron chi connectivity index (χ4n) is 2.07. The molecule has 3 aromatic rings. The Hall–Kier alpha value is -1.07. The molecule has 0 spiro atoms. The predicted octanol–water partition coefficient (Wildman–Crippen LogP) is 5.79. The van der Waals surface area contributed by atoms with Crippen LogP contribution in [0.4, 0.5) is 4.39 Å². The molecule has 0 aliphatic heterocycles. The van der Waals surface area contributed by atoms with Crippen LogP contribution in [0.1, 0.15) is 0 Å². The van der Waals surface area contributed by atoms with Crippen molar-refractivity contribution in [2.24, 2.45) is 0 Å². The maximum Gasteiger partial charge on any atom is 0.182 e. The van der Waals surface area contributed by atoms with E-state index in [9.17, 15) is 4.39 Å². The van der Waals surface area contributed by atoms with Gasteiger partial charge in [-0.1, -0.05) is 40.9 Å². The molecule has 1 heterocycles. The average molecular weight is 348 g/mol. The minimum atomic E-state index is -0.506. The third-order valence-corrected chi connectivity index (χ3v) is 4.05. The van der Waals surface area contributed by atoms with Gasteiger partial charge in [0, 0.05) is 0 Å². The van der Waals surface area contributed by atoms with Gasteiger partial charge in [-0.15, -0.1) is 0 Å². The first-order valence-electron chi connectivity index (χ1n) is 5.53. The van der Waals surface area contributed by atoms with E-state index >= 15 is 0 Å². The van der Waals surface area contributed by atoms with Gasteiger partial charge in [-0.2, -0.15) is 0 Å². The molecule has 0 atom stereocenters. The summed E-state index contributed by atoms with van der Waals surface area (Å²) in [6, 6.07) is 7.73. The van der Waals surface area contributed by atoms with E-state index in [2.05, 4.69) is 4.98 Å². The maximum absolute atomic E-state index is 13.3. The molecule has 1 aromatic heterocycles. The van der Waals surface area contributed by atoms with Crippen LogP contribution in [0.5, 0.6) is 0 Å². The number of halogens is 4. The summed E-state index contributed by atoms with van der Waals surface area (Å²) in [5.41, 5.74) is 1.82. The van der Waals surface area contributed by atoms with Gasteiger partial charge in [-0.25, -0.2) is 4.39 Å². The summed E-state index contributed by atoms with van der Waals surface area (Å²) in [5, 5.41) is 0.876. The van der Waals surface area contributed by atoms with E-state index in [1.807, 2.05) is 6.07 Å². The number of hydrogen-bond donors (Lipinski definition) is 1. The third kappa shape index (κ3) is 2.13. The SMILES string of the molecule is Fc1cc(Cl)c(-n2c(=S)[nH]c3c(Cl)cccc32)c(Cl)c1. The summed E-state index contributed by atoms with van der Waals surface area (Å²) in [5.74, 6) is -0.506. The van der Waals surface area contributed by atoms with Crippen molar-refractivity contribution in [2.75, 3.05) is 0 Å². The van der Waals surface area contributed by atoms with Crippen LogP contribution in [0.2, 0.25) is 15.1 Å². The van der Waals surface area contributed by atoms with Gasteiger partial charge in [0.05, 0.1) is 31.8 Å². The molecule has 2 nitrogen and oxygen atoms in total. The van der Waals surface area contributed by atoms with Crippen LogP contribution in [-0.2, 0) is 0 Å². The van der Waals surface area contributed by atoms with Crippen molar-refractivity contribution in [3.8, 4) is 5.69 Å². The molecule has 0 saturated carbocycles. The average Bonchev–Trinajstić information content (AvgIpc) is 2.67. The van der Waals surface area contributed by atoms with Crippen molar-refractivity contribution >= 4 is 58.1 Å². The molecule has 102 valence electrons. The molecule has 3 rings (SSSR count). The zero-order chi connectivity index (χ0) is 14.4. The second kappa shape index (κ2) is 5.04. The van der Waals surface area contributed by atoms with Crippen molar-refractivity contribution in [3.63, 3.8) is 0 Å². The van der Waals surface area contributed by atoms with Crippen molar-refractivity contribution in [3.05, 3.63) is 56.0 Å². The van der Waals surface area contributed by atoms with Crippen molar-refractivity contribution in [2.45, 2.75) is 0 Å². The monoisotopic (exact) mass is 346 g/mol. The predicted molar refractivity (Wildman–Crippen MR) is 83.4 cm³/mol. The highest BCUT2D eigenvalue weighted by Crippen LogP contribution is 2.34. The lowest BCUT2D eigenvalue weighted by Gasteiger charge is -2.09. The summed E-state index contributed by atoms with van der Waals surface area (Å²) >= 11 is 23.6. The lowest BCUT2D eigenvalue weighted by molar-refractivity contribution is 0.627. The normalized spacial score (nSPS) is 11.2. The Kier molecular flexibility index (Phi) is 3.50. The highest BCUT2D eigenvalue weighted by molar-refractivity contribution is 7.71. The van der Waals surface area contributed by atoms with Gasteiger partial charge in [0.25, 0.3) is 0 Å². The van der Waals surface area contributed by atoms with E-state index in [0.717, 1.165) is 5.52 Å². The van der Waals surface area contributed by atoms with Crippen LogP contribution in [-0.4, -0.2) is 9.55 Å². The molecule has 0 fully saturated rings. The van der Waals surface area contributed by atoms with Gasteiger partial charge in [-0.05, 0) is 36.5 Å². The van der Waals surface area contributed by atoms with Crippen LogP contribution < -0.4 is 0 Å². The number of hydrogen-bond acceptors (Lipinski definition) is 1. The van der Waals surface area contributed by atoms with E-state index in [0.29, 0.717) is 21.0 Å². The third-order valence-electron chi connectivity index (χ3n) is 2.87. The van der Waals surface area contributed by atoms with Crippen LogP contribution in [0.15, 0.2) is 30.3 Å². The molecule has 0 amide bonds. The summed E-state index contributed by atoms with van der Waals surface area (Å²) in [6.07, 6.45) is 0. The van der Waals surface area contributed by atoms with Crippen LogP contribution in [0.3, 0.4) is 0 Å². The molecular weight excluding hydrogens is 342 g/mol. The van der Waals surface area contributed by atoms with Crippen LogP contribution >= 0.6 is 47.0 Å². The summed E-state index contributed by atoms with van der Waals surface area (Å²) in [4.78, 5) is 3.00. The van der Waals surface area contributed by atoms with E-state index < -0.39 is 5.82 Å². The first kappa shape index (κ1) is 13.9. The molecule has 0 aliphatic rings. The van der Waals surface area contributed by atoms with E-state index in [-0.39, 0.29) is 10.0 Å². The van der Waals surface area contributed by atoms with E-state index in [4.69, 9.17) is 47.0 Å². The fourth-order valence-corrected chi connectivity index (χ4v) is 3.20. The summed E-state index contributed by atoms with van der Waals surface area (Å²) in [7, 11) is 0. The van der Waals surface area contributed by atoms with Crippen molar-refractivity contribution < 1.29 is 4.39 Å². The van der Waals surface area contributed by atoms with Gasteiger partial charge >= 0.3 is 0 Å². The Bertz CT molecular complexity index is 862. The number of H-pyrrole nitrogens is 1. The first-order chi connectivity index (χ1) is 9.49. The van der Waals surface area contributed by atoms with Crippen molar-refractivity contribution in [1.29, 1.82) is 0 Å². The smallest absolute Gasteiger partial charge is 0.182 e. The maximum atomic E-state index is 13.3. The summed E-state index contributed by atoms with van der Waals surface area (Å²) < 4.78 is 15.3. The molecule has 0 bridgehead atoms. The molecule has 7 heteroatoms. The molecule has 0 aliphatic carbocycles. The largest absolute Gasteiger partial charge is 0.329 e. The zero-order valence-corrected chi connectivity index (χ0v) is 12.8. The lowest BCUT2D eigenvalue weighted by atomic mass is 10.2. The van der Waals surface area contributed by atoms with Gasteiger partial charge in [0.2, 0.25) is 0 Å². The zero-order valence-electron chi connectivity index (χ0n) is 9.75. The molecular formula is C13H6Cl3FN2S. The van der Waals surface area contributed by atoms with Gasteiger partial charge in [0.15, 0.2) is 4.77 Å². The van der Waals surface area contributed by atoms with Gasteiger partial charge in [-0.3, -0.25) is 4.57 Å². The van der Waals surface area contributed by atoms with Gasteiger partial charge < -0.3 is 4.98 Å². The van der Waals surface area contributed by atoms with Crippen LogP contribution in [0.25, 0.3) is 16.7 Å². The molecule has 0 saturated heterocycles.